The number of nitrogens with one attached hydrogen (secondary N) is 1. The molecule has 19 heavy (non-hydrogen) atoms. The van der Waals surface area contributed by atoms with Crippen LogP contribution >= 0.6 is 0 Å². The Labute approximate surface area is 113 Å². The van der Waals surface area contributed by atoms with Crippen LogP contribution in [-0.2, 0) is 19.4 Å². The van der Waals surface area contributed by atoms with Gasteiger partial charge in [0.1, 0.15) is 9.84 Å². The Balaban J connectivity index is 2.36. The second-order valence-electron chi connectivity index (χ2n) is 5.30. The molecular formula is C12H21NO5S. The summed E-state index contributed by atoms with van der Waals surface area (Å²) in [5.41, 5.74) is -0.916. The van der Waals surface area contributed by atoms with E-state index in [9.17, 15) is 23.1 Å². The quantitative estimate of drug-likeness (QED) is 0.668. The summed E-state index contributed by atoms with van der Waals surface area (Å²) in [6, 6.07) is 0. The molecule has 0 aromatic carbocycles. The van der Waals surface area contributed by atoms with Crippen LogP contribution in [0, 0.1) is 5.41 Å². The molecule has 1 fully saturated rings. The Morgan fingerprint density at radius 1 is 1.26 bits per heavy atom. The molecule has 0 radical (unpaired) electrons. The van der Waals surface area contributed by atoms with E-state index >= 15 is 0 Å². The van der Waals surface area contributed by atoms with Crippen LogP contribution in [-0.4, -0.2) is 44.0 Å². The molecule has 110 valence electrons. The van der Waals surface area contributed by atoms with E-state index in [1.54, 1.807) is 0 Å². The molecule has 0 spiro atoms. The van der Waals surface area contributed by atoms with Gasteiger partial charge in [-0.15, -0.1) is 0 Å². The van der Waals surface area contributed by atoms with Gasteiger partial charge in [0.2, 0.25) is 5.91 Å². The number of carboxylic acids is 1. The van der Waals surface area contributed by atoms with Gasteiger partial charge in [0, 0.05) is 19.2 Å². The maximum absolute atomic E-state index is 11.7. The van der Waals surface area contributed by atoms with Gasteiger partial charge in [-0.2, -0.15) is 0 Å². The minimum atomic E-state index is -3.02. The molecule has 0 aromatic rings. The third-order valence-corrected chi connectivity index (χ3v) is 4.56. The minimum absolute atomic E-state index is 0.0127. The van der Waals surface area contributed by atoms with Crippen LogP contribution in [0.5, 0.6) is 0 Å². The van der Waals surface area contributed by atoms with Gasteiger partial charge >= 0.3 is 5.97 Å². The van der Waals surface area contributed by atoms with Crippen molar-refractivity contribution in [3.63, 3.8) is 0 Å². The minimum Gasteiger partial charge on any atom is -0.481 e. The molecular weight excluding hydrogens is 270 g/mol. The molecule has 6 nitrogen and oxygen atoms in total. The van der Waals surface area contributed by atoms with Gasteiger partial charge < -0.3 is 10.4 Å². The second kappa shape index (κ2) is 6.36. The normalized spacial score (nSPS) is 18.2. The third kappa shape index (κ3) is 5.18. The summed E-state index contributed by atoms with van der Waals surface area (Å²) in [5, 5.41) is 11.8. The predicted molar refractivity (Wildman–Crippen MR) is 70.5 cm³/mol. The van der Waals surface area contributed by atoms with Crippen molar-refractivity contribution in [3.8, 4) is 0 Å². The molecule has 1 rings (SSSR count). The van der Waals surface area contributed by atoms with Crippen LogP contribution in [0.1, 0.15) is 38.5 Å². The highest BCUT2D eigenvalue weighted by Gasteiger charge is 2.42. The van der Waals surface area contributed by atoms with Crippen LogP contribution in [0.15, 0.2) is 0 Å². The summed E-state index contributed by atoms with van der Waals surface area (Å²) in [7, 11) is -3.02. The van der Waals surface area contributed by atoms with Gasteiger partial charge in [0.05, 0.1) is 11.2 Å². The fourth-order valence-electron chi connectivity index (χ4n) is 2.45. The van der Waals surface area contributed by atoms with E-state index in [1.165, 1.54) is 0 Å². The highest BCUT2D eigenvalue weighted by atomic mass is 32.2. The van der Waals surface area contributed by atoms with Crippen molar-refractivity contribution in [2.45, 2.75) is 38.5 Å². The molecule has 0 bridgehead atoms. The SMILES string of the molecule is CS(=O)(=O)CCCNC(=O)CC1(C(=O)O)CCCC1. The van der Waals surface area contributed by atoms with Crippen LogP contribution in [0.25, 0.3) is 0 Å². The largest absolute Gasteiger partial charge is 0.481 e. The Hall–Kier alpha value is -1.11. The maximum atomic E-state index is 11.7. The smallest absolute Gasteiger partial charge is 0.310 e. The van der Waals surface area contributed by atoms with Crippen LogP contribution in [0.2, 0.25) is 0 Å². The summed E-state index contributed by atoms with van der Waals surface area (Å²) in [4.78, 5) is 23.0. The maximum Gasteiger partial charge on any atom is 0.310 e. The van der Waals surface area contributed by atoms with Crippen LogP contribution < -0.4 is 5.32 Å². The average Bonchev–Trinajstić information content (AvgIpc) is 2.73. The monoisotopic (exact) mass is 291 g/mol. The number of carbonyl (C=O) groups is 2. The predicted octanol–water partition coefficient (Wildman–Crippen LogP) is 0.572. The van der Waals surface area contributed by atoms with Gasteiger partial charge in [0.25, 0.3) is 0 Å². The van der Waals surface area contributed by atoms with Crippen molar-refractivity contribution < 1.29 is 23.1 Å². The Morgan fingerprint density at radius 3 is 2.32 bits per heavy atom. The van der Waals surface area contributed by atoms with Gasteiger partial charge in [0.15, 0.2) is 0 Å². The molecule has 1 saturated carbocycles. The first kappa shape index (κ1) is 15.9. The number of sulfone groups is 1. The first-order valence-corrected chi connectivity index (χ1v) is 8.49. The van der Waals surface area contributed by atoms with E-state index in [0.717, 1.165) is 19.1 Å². The lowest BCUT2D eigenvalue weighted by Crippen LogP contribution is -2.36. The molecule has 1 aliphatic rings. The van der Waals surface area contributed by atoms with Crippen molar-refractivity contribution >= 4 is 21.7 Å². The van der Waals surface area contributed by atoms with Gasteiger partial charge in [-0.05, 0) is 19.3 Å². The summed E-state index contributed by atoms with van der Waals surface area (Å²) >= 11 is 0. The molecule has 0 saturated heterocycles. The molecule has 1 amide bonds. The molecule has 7 heteroatoms. The number of aliphatic carboxylic acids is 1. The number of rotatable bonds is 7. The average molecular weight is 291 g/mol. The van der Waals surface area contributed by atoms with Crippen molar-refractivity contribution in [2.24, 2.45) is 5.41 Å². The summed E-state index contributed by atoms with van der Waals surface area (Å²) < 4.78 is 21.8. The number of carbonyl (C=O) groups excluding carboxylic acids is 1. The van der Waals surface area contributed by atoms with E-state index < -0.39 is 21.2 Å². The van der Waals surface area contributed by atoms with E-state index in [2.05, 4.69) is 5.32 Å². The lowest BCUT2D eigenvalue weighted by molar-refractivity contribution is -0.151. The van der Waals surface area contributed by atoms with E-state index in [0.29, 0.717) is 19.3 Å². The van der Waals surface area contributed by atoms with Gasteiger partial charge in [-0.1, -0.05) is 12.8 Å². The molecule has 2 N–H and O–H groups in total. The molecule has 0 unspecified atom stereocenters. The van der Waals surface area contributed by atoms with Crippen LogP contribution in [0.4, 0.5) is 0 Å². The van der Waals surface area contributed by atoms with Crippen molar-refractivity contribution in [2.75, 3.05) is 18.6 Å². The summed E-state index contributed by atoms with van der Waals surface area (Å²) in [5.74, 6) is -1.19. The zero-order valence-electron chi connectivity index (χ0n) is 11.1. The number of hydrogen-bond donors (Lipinski definition) is 2. The summed E-state index contributed by atoms with van der Waals surface area (Å²) in [6.45, 7) is 0.265. The fraction of sp³-hybridized carbons (Fsp3) is 0.833. The summed E-state index contributed by atoms with van der Waals surface area (Å²) in [6.07, 6.45) is 4.25. The number of amides is 1. The molecule has 0 aromatic heterocycles. The van der Waals surface area contributed by atoms with E-state index in [1.807, 2.05) is 0 Å². The standard InChI is InChI=1S/C12H21NO5S/c1-19(17,18)8-4-7-13-10(14)9-12(11(15)16)5-2-3-6-12/h2-9H2,1H3,(H,13,14)(H,15,16). The lowest BCUT2D eigenvalue weighted by Gasteiger charge is -2.22. The second-order valence-corrected chi connectivity index (χ2v) is 7.56. The zero-order chi connectivity index (χ0) is 14.5. The van der Waals surface area contributed by atoms with Crippen molar-refractivity contribution in [1.82, 2.24) is 5.32 Å². The molecule has 0 atom stereocenters. The van der Waals surface area contributed by atoms with E-state index in [-0.39, 0.29) is 24.6 Å². The Kier molecular flexibility index (Phi) is 5.34. The van der Waals surface area contributed by atoms with Gasteiger partial charge in [-0.3, -0.25) is 9.59 Å². The van der Waals surface area contributed by atoms with E-state index in [4.69, 9.17) is 0 Å². The Morgan fingerprint density at radius 2 is 1.84 bits per heavy atom. The van der Waals surface area contributed by atoms with Crippen molar-refractivity contribution in [3.05, 3.63) is 0 Å². The fourth-order valence-corrected chi connectivity index (χ4v) is 3.12. The van der Waals surface area contributed by atoms with Crippen LogP contribution in [0.3, 0.4) is 0 Å². The molecule has 0 aliphatic heterocycles. The first-order chi connectivity index (χ1) is 8.75. The lowest BCUT2D eigenvalue weighted by atomic mass is 9.82. The number of hydrogen-bond acceptors (Lipinski definition) is 4. The third-order valence-electron chi connectivity index (χ3n) is 3.53. The first-order valence-electron chi connectivity index (χ1n) is 6.43. The zero-order valence-corrected chi connectivity index (χ0v) is 12.0. The Bertz CT molecular complexity index is 437. The molecule has 0 heterocycles. The highest BCUT2D eigenvalue weighted by molar-refractivity contribution is 7.90. The highest BCUT2D eigenvalue weighted by Crippen LogP contribution is 2.41. The van der Waals surface area contributed by atoms with Crippen molar-refractivity contribution in [1.29, 1.82) is 0 Å². The number of carboxylic acid groups (broad SMARTS) is 1. The molecule has 1 aliphatic carbocycles. The van der Waals surface area contributed by atoms with Gasteiger partial charge in [-0.25, -0.2) is 8.42 Å². The topological polar surface area (TPSA) is 101 Å².